The first-order valence-corrected chi connectivity index (χ1v) is 9.70. The minimum atomic E-state index is 0.0817. The molecular weight excluding hydrogens is 312 g/mol. The third kappa shape index (κ3) is 1.36. The molecule has 4 aliphatic rings. The van der Waals surface area contributed by atoms with Crippen LogP contribution in [0.3, 0.4) is 0 Å². The zero-order valence-electron chi connectivity index (χ0n) is 13.9. The maximum absolute atomic E-state index is 6.83. The Labute approximate surface area is 148 Å². The lowest BCUT2D eigenvalue weighted by Crippen LogP contribution is -2.51. The second-order valence-electron chi connectivity index (χ2n) is 8.40. The lowest BCUT2D eigenvalue weighted by Gasteiger charge is -2.55. The fourth-order valence-corrected chi connectivity index (χ4v) is 7.08. The van der Waals surface area contributed by atoms with Crippen LogP contribution >= 0.6 is 11.6 Å². The highest BCUT2D eigenvalue weighted by Gasteiger charge is 2.66. The molecule has 0 aromatic heterocycles. The fourth-order valence-electron chi connectivity index (χ4n) is 6.75. The van der Waals surface area contributed by atoms with Crippen LogP contribution in [0.5, 0.6) is 0 Å². The largest absolute Gasteiger partial charge is 0.0840 e. The molecule has 2 aromatic rings. The highest BCUT2D eigenvalue weighted by Crippen LogP contribution is 2.74. The molecule has 4 aliphatic carbocycles. The molecule has 2 saturated carbocycles. The average molecular weight is 333 g/mol. The molecule has 0 saturated heterocycles. The Bertz CT molecular complexity index is 908. The van der Waals surface area contributed by atoms with Gasteiger partial charge in [0.05, 0.1) is 0 Å². The number of rotatable bonds is 0. The van der Waals surface area contributed by atoms with Crippen LogP contribution in [0.2, 0.25) is 5.02 Å². The monoisotopic (exact) mass is 332 g/mol. The van der Waals surface area contributed by atoms with Gasteiger partial charge in [0.1, 0.15) is 0 Å². The minimum Gasteiger partial charge on any atom is -0.0840 e. The summed E-state index contributed by atoms with van der Waals surface area (Å²) in [4.78, 5) is 0. The van der Waals surface area contributed by atoms with Gasteiger partial charge >= 0.3 is 0 Å². The highest BCUT2D eigenvalue weighted by molar-refractivity contribution is 6.32. The van der Waals surface area contributed by atoms with Gasteiger partial charge in [-0.05, 0) is 71.3 Å². The van der Waals surface area contributed by atoms with Crippen molar-refractivity contribution in [2.75, 3.05) is 0 Å². The van der Waals surface area contributed by atoms with Gasteiger partial charge in [-0.2, -0.15) is 0 Å². The Morgan fingerprint density at radius 2 is 1.79 bits per heavy atom. The van der Waals surface area contributed by atoms with E-state index >= 15 is 0 Å². The van der Waals surface area contributed by atoms with Crippen LogP contribution < -0.4 is 0 Å². The van der Waals surface area contributed by atoms with Gasteiger partial charge in [-0.25, -0.2) is 0 Å². The summed E-state index contributed by atoms with van der Waals surface area (Å²) in [6.07, 6.45) is 6.79. The lowest BCUT2D eigenvalue weighted by atomic mass is 9.47. The van der Waals surface area contributed by atoms with Crippen LogP contribution in [0.4, 0.5) is 0 Å². The first kappa shape index (κ1) is 13.7. The van der Waals surface area contributed by atoms with Crippen LogP contribution in [-0.4, -0.2) is 0 Å². The molecule has 0 nitrogen and oxygen atoms in total. The van der Waals surface area contributed by atoms with E-state index in [-0.39, 0.29) is 5.41 Å². The van der Waals surface area contributed by atoms with Gasteiger partial charge in [-0.1, -0.05) is 66.6 Å². The summed E-state index contributed by atoms with van der Waals surface area (Å²) in [6.45, 7) is 2.41. The van der Waals surface area contributed by atoms with E-state index in [1.165, 1.54) is 41.5 Å². The predicted octanol–water partition coefficient (Wildman–Crippen LogP) is 6.23. The first-order chi connectivity index (χ1) is 11.7. The molecular formula is C23H21Cl. The van der Waals surface area contributed by atoms with E-state index in [9.17, 15) is 0 Å². The van der Waals surface area contributed by atoms with E-state index in [0.717, 1.165) is 22.8 Å². The summed E-state index contributed by atoms with van der Waals surface area (Å²) in [5.74, 6) is 3.16. The summed E-state index contributed by atoms with van der Waals surface area (Å²) >= 11 is 6.83. The van der Waals surface area contributed by atoms with Gasteiger partial charge in [0, 0.05) is 10.4 Å². The van der Waals surface area contributed by atoms with Gasteiger partial charge in [0.25, 0.3) is 0 Å². The van der Waals surface area contributed by atoms with E-state index in [0.29, 0.717) is 5.92 Å². The average Bonchev–Trinajstić information content (AvgIpc) is 3.04. The molecule has 2 aromatic carbocycles. The van der Waals surface area contributed by atoms with Crippen molar-refractivity contribution in [3.05, 3.63) is 70.3 Å². The van der Waals surface area contributed by atoms with Gasteiger partial charge in [0.15, 0.2) is 0 Å². The Morgan fingerprint density at radius 1 is 0.958 bits per heavy atom. The lowest BCUT2D eigenvalue weighted by molar-refractivity contribution is 0.193. The molecule has 1 spiro atoms. The van der Waals surface area contributed by atoms with Crippen molar-refractivity contribution < 1.29 is 0 Å². The Hall–Kier alpha value is -1.53. The standard InChI is InChI=1S/C23H21Cl/c1-13-9-14-11-17-19(10-13)23(20(17)12-14)18-7-3-2-5-15(18)16-6-4-8-21(24)22(16)23/h2-8,10,13-14,17,20H,9,11-12H2,1H3. The number of halogens is 1. The molecule has 24 heavy (non-hydrogen) atoms. The summed E-state index contributed by atoms with van der Waals surface area (Å²) in [6, 6.07) is 15.5. The van der Waals surface area contributed by atoms with Crippen molar-refractivity contribution >= 4 is 11.6 Å². The normalized spacial score (nSPS) is 37.5. The van der Waals surface area contributed by atoms with Crippen molar-refractivity contribution in [1.82, 2.24) is 0 Å². The number of benzene rings is 2. The number of allylic oxidation sites excluding steroid dienone is 2. The maximum atomic E-state index is 6.83. The van der Waals surface area contributed by atoms with Crippen molar-refractivity contribution in [3.8, 4) is 11.1 Å². The Kier molecular flexibility index (Phi) is 2.49. The molecule has 0 heterocycles. The van der Waals surface area contributed by atoms with Crippen molar-refractivity contribution in [2.24, 2.45) is 23.7 Å². The van der Waals surface area contributed by atoms with Crippen LogP contribution in [0.25, 0.3) is 11.1 Å². The molecule has 2 bridgehead atoms. The van der Waals surface area contributed by atoms with Gasteiger partial charge in [-0.3, -0.25) is 0 Å². The number of fused-ring (bicyclic) bond motifs is 8. The van der Waals surface area contributed by atoms with Crippen molar-refractivity contribution in [2.45, 2.75) is 31.6 Å². The van der Waals surface area contributed by atoms with E-state index < -0.39 is 0 Å². The molecule has 2 fully saturated rings. The molecule has 120 valence electrons. The molecule has 5 atom stereocenters. The molecule has 0 N–H and O–H groups in total. The van der Waals surface area contributed by atoms with E-state index in [4.69, 9.17) is 11.6 Å². The molecule has 6 rings (SSSR count). The molecule has 5 unspecified atom stereocenters. The quantitative estimate of drug-likeness (QED) is 0.502. The summed E-state index contributed by atoms with van der Waals surface area (Å²) < 4.78 is 0. The highest BCUT2D eigenvalue weighted by atomic mass is 35.5. The van der Waals surface area contributed by atoms with Crippen LogP contribution in [0.15, 0.2) is 54.1 Å². The molecule has 1 heteroatoms. The van der Waals surface area contributed by atoms with Crippen LogP contribution in [-0.2, 0) is 5.41 Å². The second-order valence-corrected chi connectivity index (χ2v) is 8.81. The first-order valence-electron chi connectivity index (χ1n) is 9.32. The number of hydrogen-bond donors (Lipinski definition) is 0. The zero-order valence-corrected chi connectivity index (χ0v) is 14.7. The fraction of sp³-hybridized carbons (Fsp3) is 0.391. The van der Waals surface area contributed by atoms with Crippen LogP contribution in [0.1, 0.15) is 37.3 Å². The minimum absolute atomic E-state index is 0.0817. The summed E-state index contributed by atoms with van der Waals surface area (Å²) in [5, 5.41) is 0.963. The smallest absolute Gasteiger partial charge is 0.0475 e. The summed E-state index contributed by atoms with van der Waals surface area (Å²) in [7, 11) is 0. The third-order valence-corrected chi connectivity index (χ3v) is 7.61. The maximum Gasteiger partial charge on any atom is 0.0475 e. The number of hydrogen-bond acceptors (Lipinski definition) is 0. The van der Waals surface area contributed by atoms with E-state index in [2.05, 4.69) is 55.5 Å². The topological polar surface area (TPSA) is 0 Å². The van der Waals surface area contributed by atoms with E-state index in [1.807, 2.05) is 0 Å². The zero-order chi connectivity index (χ0) is 16.1. The van der Waals surface area contributed by atoms with Gasteiger partial charge in [-0.15, -0.1) is 0 Å². The Morgan fingerprint density at radius 3 is 2.71 bits per heavy atom. The van der Waals surface area contributed by atoms with Gasteiger partial charge in [0.2, 0.25) is 0 Å². The summed E-state index contributed by atoms with van der Waals surface area (Å²) in [5.41, 5.74) is 7.50. The van der Waals surface area contributed by atoms with Crippen molar-refractivity contribution in [3.63, 3.8) is 0 Å². The third-order valence-electron chi connectivity index (χ3n) is 7.29. The predicted molar refractivity (Wildman–Crippen MR) is 99.2 cm³/mol. The second kappa shape index (κ2) is 4.35. The van der Waals surface area contributed by atoms with Gasteiger partial charge < -0.3 is 0 Å². The molecule has 0 amide bonds. The van der Waals surface area contributed by atoms with Crippen molar-refractivity contribution in [1.29, 1.82) is 0 Å². The SMILES string of the molecule is CC1C=C2C3CC(C1)CC3C21c2ccccc2-c2cccc(Cl)c21. The van der Waals surface area contributed by atoms with E-state index in [1.54, 1.807) is 5.57 Å². The Balaban J connectivity index is 1.73. The molecule has 0 aliphatic heterocycles. The van der Waals surface area contributed by atoms with Crippen LogP contribution in [0, 0.1) is 23.7 Å². The molecule has 0 radical (unpaired) electrons.